The van der Waals surface area contributed by atoms with Crippen molar-refractivity contribution in [3.05, 3.63) is 69.7 Å². The molecule has 0 heterocycles. The van der Waals surface area contributed by atoms with Gasteiger partial charge in [0.05, 0.1) is 11.3 Å². The topological polar surface area (TPSA) is 182 Å². The number of phenols is 1. The maximum absolute atomic E-state index is 14.4. The van der Waals surface area contributed by atoms with Crippen LogP contribution in [-0.2, 0) is 16.0 Å². The average Bonchev–Trinajstić information content (AvgIpc) is 2.92. The maximum atomic E-state index is 14.4. The number of aliphatic hydroxyl groups is 3. The SMILES string of the molecule is CC(=O)C1=C(O)C[C@@]2(C)C[C@@]3(C)Cc4c(C(C)C)cc(NC(=O)Nc5ccc(OC(C)(C)C)cc5)c(O)c4C(=O)C3=C(O)[C@@]2(O)C1=O. The van der Waals surface area contributed by atoms with E-state index in [1.54, 1.807) is 37.3 Å². The van der Waals surface area contributed by atoms with Crippen molar-refractivity contribution in [2.45, 2.75) is 91.8 Å². The van der Waals surface area contributed by atoms with Crippen LogP contribution in [0.1, 0.15) is 95.6 Å². The normalized spacial score (nSPS) is 25.7. The Morgan fingerprint density at radius 2 is 1.60 bits per heavy atom. The number of allylic oxidation sites excluding steroid dienone is 2. The number of rotatable bonds is 5. The Kier molecular flexibility index (Phi) is 7.87. The first-order valence-electron chi connectivity index (χ1n) is 15.6. The van der Waals surface area contributed by atoms with Crippen LogP contribution < -0.4 is 15.4 Å². The lowest BCUT2D eigenvalue weighted by Crippen LogP contribution is -2.63. The lowest BCUT2D eigenvalue weighted by molar-refractivity contribution is -0.159. The molecule has 0 bridgehead atoms. The zero-order valence-corrected chi connectivity index (χ0v) is 27.9. The molecule has 0 radical (unpaired) electrons. The number of carbonyl (C=O) groups excluding carboxylic acids is 4. The van der Waals surface area contributed by atoms with E-state index in [2.05, 4.69) is 10.6 Å². The minimum atomic E-state index is -2.66. The highest BCUT2D eigenvalue weighted by Gasteiger charge is 2.67. The number of amides is 2. The maximum Gasteiger partial charge on any atom is 0.323 e. The Hall–Kier alpha value is -4.64. The number of anilines is 2. The number of ether oxygens (including phenoxy) is 1. The molecule has 3 atom stereocenters. The molecule has 0 saturated carbocycles. The highest BCUT2D eigenvalue weighted by atomic mass is 16.5. The summed E-state index contributed by atoms with van der Waals surface area (Å²) in [5.41, 5.74) is -5.07. The van der Waals surface area contributed by atoms with Gasteiger partial charge >= 0.3 is 6.03 Å². The number of phenolic OH excluding ortho intramolecular Hbond substituents is 1. The van der Waals surface area contributed by atoms with Crippen molar-refractivity contribution in [3.8, 4) is 11.5 Å². The molecular formula is C36H42N2O9. The van der Waals surface area contributed by atoms with E-state index in [0.29, 0.717) is 22.6 Å². The number of Topliss-reactive ketones (excluding diaryl/α,β-unsaturated/α-hetero) is 3. The Bertz CT molecular complexity index is 1800. The van der Waals surface area contributed by atoms with Crippen molar-refractivity contribution >= 4 is 34.8 Å². The van der Waals surface area contributed by atoms with Gasteiger partial charge in [0.15, 0.2) is 22.9 Å². The molecule has 3 aliphatic rings. The summed E-state index contributed by atoms with van der Waals surface area (Å²) in [4.78, 5) is 53.3. The van der Waals surface area contributed by atoms with Gasteiger partial charge in [0.1, 0.15) is 28.4 Å². The first kappa shape index (κ1) is 33.7. The molecule has 0 aliphatic heterocycles. The third kappa shape index (κ3) is 5.36. The van der Waals surface area contributed by atoms with Crippen LogP contribution in [0.25, 0.3) is 0 Å². The molecule has 0 spiro atoms. The van der Waals surface area contributed by atoms with E-state index in [0.717, 1.165) is 6.92 Å². The van der Waals surface area contributed by atoms with Crippen molar-refractivity contribution in [2.24, 2.45) is 10.8 Å². The van der Waals surface area contributed by atoms with Crippen LogP contribution in [0.5, 0.6) is 11.5 Å². The molecule has 11 heteroatoms. The summed E-state index contributed by atoms with van der Waals surface area (Å²) in [6.07, 6.45) is -0.124. The Morgan fingerprint density at radius 1 is 0.979 bits per heavy atom. The standard InChI is InChI=1S/C36H42N2O9/c1-17(2)21-13-23(38-32(45)37-19-9-11-20(12-10-19)47-33(4,5)6)28(41)26-22(21)14-34(7)16-35(8)15-24(40)25(18(3)39)30(43)36(35,46)31(44)27(34)29(26)42/h9-13,17,40-41,44,46H,14-16H2,1-8H3,(H2,37,38,45)/t34-,35+,36+/m1/s1. The minimum absolute atomic E-state index is 0.00233. The smallest absolute Gasteiger partial charge is 0.323 e. The van der Waals surface area contributed by atoms with E-state index in [9.17, 15) is 39.6 Å². The molecule has 2 amide bonds. The first-order valence-corrected chi connectivity index (χ1v) is 15.6. The zero-order chi connectivity index (χ0) is 35.0. The number of nitrogens with one attached hydrogen (secondary N) is 2. The van der Waals surface area contributed by atoms with Gasteiger partial charge in [-0.2, -0.15) is 0 Å². The summed E-state index contributed by atoms with van der Waals surface area (Å²) in [5, 5.41) is 51.1. The second-order valence-electron chi connectivity index (χ2n) is 14.8. The number of benzene rings is 2. The molecule has 0 aromatic heterocycles. The second-order valence-corrected chi connectivity index (χ2v) is 14.8. The molecule has 2 aromatic carbocycles. The number of aromatic hydroxyl groups is 1. The fourth-order valence-corrected chi connectivity index (χ4v) is 7.61. The second kappa shape index (κ2) is 11.0. The van der Waals surface area contributed by atoms with Crippen LogP contribution in [0.3, 0.4) is 0 Å². The van der Waals surface area contributed by atoms with Crippen LogP contribution in [0.4, 0.5) is 16.2 Å². The van der Waals surface area contributed by atoms with E-state index < -0.39 is 68.3 Å². The van der Waals surface area contributed by atoms with Gasteiger partial charge in [0, 0.05) is 28.5 Å². The van der Waals surface area contributed by atoms with Crippen LogP contribution in [0.15, 0.2) is 53.0 Å². The fourth-order valence-electron chi connectivity index (χ4n) is 7.61. The summed E-state index contributed by atoms with van der Waals surface area (Å²) >= 11 is 0. The lowest BCUT2D eigenvalue weighted by atomic mass is 9.48. The predicted molar refractivity (Wildman–Crippen MR) is 175 cm³/mol. The zero-order valence-electron chi connectivity index (χ0n) is 27.9. The molecule has 11 nitrogen and oxygen atoms in total. The van der Waals surface area contributed by atoms with E-state index in [-0.39, 0.29) is 42.0 Å². The van der Waals surface area contributed by atoms with Gasteiger partial charge in [0.25, 0.3) is 0 Å². The number of ketones is 3. The number of carbonyl (C=O) groups is 4. The first-order chi connectivity index (χ1) is 21.6. The van der Waals surface area contributed by atoms with Gasteiger partial charge in [-0.25, -0.2) is 4.79 Å². The van der Waals surface area contributed by atoms with E-state index >= 15 is 0 Å². The molecule has 6 N–H and O–H groups in total. The Morgan fingerprint density at radius 3 is 2.15 bits per heavy atom. The molecule has 3 aliphatic carbocycles. The van der Waals surface area contributed by atoms with Crippen molar-refractivity contribution in [1.82, 2.24) is 0 Å². The third-order valence-corrected chi connectivity index (χ3v) is 9.46. The fraction of sp³-hybridized carbons (Fsp3) is 0.444. The van der Waals surface area contributed by atoms with Crippen molar-refractivity contribution in [3.63, 3.8) is 0 Å². The van der Waals surface area contributed by atoms with Gasteiger partial charge in [0.2, 0.25) is 5.78 Å². The quantitative estimate of drug-likeness (QED) is 0.158. The monoisotopic (exact) mass is 646 g/mol. The number of fused-ring (bicyclic) bond motifs is 3. The highest BCUT2D eigenvalue weighted by Crippen LogP contribution is 2.62. The van der Waals surface area contributed by atoms with Crippen LogP contribution in [-0.4, -0.2) is 55.0 Å². The highest BCUT2D eigenvalue weighted by molar-refractivity contribution is 6.25. The summed E-state index contributed by atoms with van der Waals surface area (Å²) < 4.78 is 5.81. The van der Waals surface area contributed by atoms with Crippen molar-refractivity contribution in [2.75, 3.05) is 10.6 Å². The van der Waals surface area contributed by atoms with E-state index in [1.165, 1.54) is 6.92 Å². The molecule has 0 saturated heterocycles. The van der Waals surface area contributed by atoms with E-state index in [1.807, 2.05) is 34.6 Å². The molecule has 0 unspecified atom stereocenters. The molecular weight excluding hydrogens is 604 g/mol. The summed E-state index contributed by atoms with van der Waals surface area (Å²) in [7, 11) is 0. The molecule has 250 valence electrons. The van der Waals surface area contributed by atoms with Crippen LogP contribution in [0.2, 0.25) is 0 Å². The average molecular weight is 647 g/mol. The molecule has 47 heavy (non-hydrogen) atoms. The van der Waals surface area contributed by atoms with Gasteiger partial charge in [-0.05, 0) is 87.9 Å². The van der Waals surface area contributed by atoms with Crippen LogP contribution >= 0.6 is 0 Å². The summed E-state index contributed by atoms with van der Waals surface area (Å²) in [6.45, 7) is 13.9. The van der Waals surface area contributed by atoms with E-state index in [4.69, 9.17) is 4.74 Å². The predicted octanol–water partition coefficient (Wildman–Crippen LogP) is 6.41. The minimum Gasteiger partial charge on any atom is -0.511 e. The van der Waals surface area contributed by atoms with Gasteiger partial charge in [-0.15, -0.1) is 0 Å². The Labute approximate surface area is 273 Å². The largest absolute Gasteiger partial charge is 0.511 e. The summed E-state index contributed by atoms with van der Waals surface area (Å²) in [5.74, 6) is -4.21. The molecule has 5 rings (SSSR count). The van der Waals surface area contributed by atoms with Gasteiger partial charge < -0.3 is 35.8 Å². The van der Waals surface area contributed by atoms with Crippen molar-refractivity contribution < 1.29 is 44.3 Å². The number of hydrogen-bond acceptors (Lipinski definition) is 9. The Balaban J connectivity index is 1.56. The summed E-state index contributed by atoms with van der Waals surface area (Å²) in [6, 6.07) is 7.66. The number of hydrogen-bond donors (Lipinski definition) is 6. The number of aliphatic hydroxyl groups excluding tert-OH is 2. The molecule has 2 aromatic rings. The lowest BCUT2D eigenvalue weighted by Gasteiger charge is -2.56. The van der Waals surface area contributed by atoms with Crippen molar-refractivity contribution in [1.29, 1.82) is 0 Å². The number of urea groups is 1. The van der Waals surface area contributed by atoms with Crippen LogP contribution in [0, 0.1) is 10.8 Å². The van der Waals surface area contributed by atoms with Gasteiger partial charge in [-0.1, -0.05) is 27.7 Å². The molecule has 0 fully saturated rings. The van der Waals surface area contributed by atoms with Gasteiger partial charge in [-0.3, -0.25) is 14.4 Å². The third-order valence-electron chi connectivity index (χ3n) is 9.46.